The summed E-state index contributed by atoms with van der Waals surface area (Å²) in [7, 11) is 0. The van der Waals surface area contributed by atoms with Gasteiger partial charge >= 0.3 is 0 Å². The van der Waals surface area contributed by atoms with Gasteiger partial charge in [-0.15, -0.1) is 0 Å². The number of hydrogen-bond acceptors (Lipinski definition) is 0. The maximum absolute atomic E-state index is 6.99. The minimum atomic E-state index is 0.615. The van der Waals surface area contributed by atoms with Crippen molar-refractivity contribution in [3.63, 3.8) is 0 Å². The number of unbranched alkanes of at least 4 members (excludes halogenated alkanes) is 9. The Balaban J connectivity index is 2.76. The van der Waals surface area contributed by atoms with Crippen LogP contribution in [-0.4, -0.2) is 6.54 Å². The van der Waals surface area contributed by atoms with Crippen molar-refractivity contribution in [1.29, 1.82) is 0 Å². The molecule has 0 fully saturated rings. The van der Waals surface area contributed by atoms with Crippen LogP contribution < -0.4 is 5.73 Å². The van der Waals surface area contributed by atoms with Crippen LogP contribution in [0.1, 0.15) is 64.2 Å². The molecule has 1 N–H and O–H groups in total. The van der Waals surface area contributed by atoms with Gasteiger partial charge in [0.1, 0.15) is 0 Å². The molecule has 0 amide bonds. The van der Waals surface area contributed by atoms with E-state index >= 15 is 0 Å². The van der Waals surface area contributed by atoms with Crippen molar-refractivity contribution >= 4 is 0 Å². The Hall–Kier alpha value is -0.0400. The lowest BCUT2D eigenvalue weighted by atomic mass is 10.1. The van der Waals surface area contributed by atoms with Crippen molar-refractivity contribution in [1.82, 2.24) is 5.73 Å². The minimum Gasteiger partial charge on any atom is -0.258 e. The van der Waals surface area contributed by atoms with Crippen LogP contribution in [0.3, 0.4) is 0 Å². The van der Waals surface area contributed by atoms with Gasteiger partial charge < -0.3 is 0 Å². The molecular formula is C12H25N. The molecule has 0 atom stereocenters. The highest BCUT2D eigenvalue weighted by Gasteiger charge is 1.91. The van der Waals surface area contributed by atoms with Crippen molar-refractivity contribution in [3.05, 3.63) is 6.92 Å². The second-order valence-electron chi connectivity index (χ2n) is 3.79. The van der Waals surface area contributed by atoms with E-state index in [1.54, 1.807) is 0 Å². The third-order valence-corrected chi connectivity index (χ3v) is 2.43. The maximum atomic E-state index is 6.99. The third-order valence-electron chi connectivity index (χ3n) is 2.43. The summed E-state index contributed by atoms with van der Waals surface area (Å²) in [6, 6.07) is 0. The minimum absolute atomic E-state index is 0.615. The van der Waals surface area contributed by atoms with Gasteiger partial charge in [-0.25, -0.2) is 0 Å². The van der Waals surface area contributed by atoms with E-state index in [0.717, 1.165) is 12.8 Å². The zero-order valence-corrected chi connectivity index (χ0v) is 8.99. The molecule has 2 radical (unpaired) electrons. The molecule has 0 aliphatic heterocycles. The van der Waals surface area contributed by atoms with Crippen LogP contribution in [0, 0.1) is 6.92 Å². The number of rotatable bonds is 10. The molecule has 0 rings (SSSR count). The number of nitrogens with one attached hydrogen (secondary N) is 1. The second-order valence-corrected chi connectivity index (χ2v) is 3.79. The molecule has 0 heterocycles. The molecule has 1 nitrogen and oxygen atoms in total. The predicted molar refractivity (Wildman–Crippen MR) is 59.5 cm³/mol. The van der Waals surface area contributed by atoms with Crippen molar-refractivity contribution in [2.24, 2.45) is 0 Å². The smallest absolute Gasteiger partial charge is 0.00997 e. The summed E-state index contributed by atoms with van der Waals surface area (Å²) in [4.78, 5) is 0. The van der Waals surface area contributed by atoms with Crippen LogP contribution in [0.15, 0.2) is 0 Å². The first kappa shape index (κ1) is 13.0. The van der Waals surface area contributed by atoms with Crippen LogP contribution in [-0.2, 0) is 0 Å². The van der Waals surface area contributed by atoms with E-state index in [-0.39, 0.29) is 0 Å². The van der Waals surface area contributed by atoms with Gasteiger partial charge in [0, 0.05) is 6.54 Å². The Bertz CT molecular complexity index is 71.2. The highest BCUT2D eigenvalue weighted by atomic mass is 14.5. The second kappa shape index (κ2) is 12.0. The molecule has 0 aliphatic carbocycles. The van der Waals surface area contributed by atoms with Gasteiger partial charge in [0.25, 0.3) is 0 Å². The summed E-state index contributed by atoms with van der Waals surface area (Å²) in [5.74, 6) is 0. The monoisotopic (exact) mass is 183 g/mol. The van der Waals surface area contributed by atoms with Crippen LogP contribution in [0.4, 0.5) is 0 Å². The van der Waals surface area contributed by atoms with Crippen molar-refractivity contribution in [2.45, 2.75) is 64.2 Å². The van der Waals surface area contributed by atoms with Crippen molar-refractivity contribution < 1.29 is 0 Å². The Morgan fingerprint density at radius 1 is 0.615 bits per heavy atom. The van der Waals surface area contributed by atoms with Crippen molar-refractivity contribution in [3.8, 4) is 0 Å². The van der Waals surface area contributed by atoms with E-state index < -0.39 is 0 Å². The first-order valence-electron chi connectivity index (χ1n) is 5.85. The predicted octanol–water partition coefficient (Wildman–Crippen LogP) is 4.00. The molecule has 0 saturated heterocycles. The standard InChI is InChI=1S/C12H25N/c1-2-3-4-5-6-7-8-9-10-11-12-13/h13H,1-12H2. The molecule has 0 aliphatic rings. The Morgan fingerprint density at radius 3 is 1.38 bits per heavy atom. The summed E-state index contributed by atoms with van der Waals surface area (Å²) in [5.41, 5.74) is 6.99. The van der Waals surface area contributed by atoms with Gasteiger partial charge in [-0.2, -0.15) is 0 Å². The molecule has 0 aromatic rings. The largest absolute Gasteiger partial charge is 0.258 e. The topological polar surface area (TPSA) is 23.8 Å². The van der Waals surface area contributed by atoms with E-state index in [9.17, 15) is 0 Å². The Morgan fingerprint density at radius 2 is 1.00 bits per heavy atom. The lowest BCUT2D eigenvalue weighted by Crippen LogP contribution is -1.85. The van der Waals surface area contributed by atoms with E-state index in [1.807, 2.05) is 0 Å². The summed E-state index contributed by atoms with van der Waals surface area (Å²) < 4.78 is 0. The van der Waals surface area contributed by atoms with Gasteiger partial charge in [0.05, 0.1) is 0 Å². The normalized spacial score (nSPS) is 10.6. The Kier molecular flexibility index (Phi) is 11.9. The SMILES string of the molecule is [CH2]CCCCCCCCCCC[NH]. The summed E-state index contributed by atoms with van der Waals surface area (Å²) in [6.45, 7) is 4.45. The molecule has 1 heteroatoms. The average molecular weight is 183 g/mol. The van der Waals surface area contributed by atoms with Gasteiger partial charge in [-0.05, 0) is 6.42 Å². The van der Waals surface area contributed by atoms with E-state index in [4.69, 9.17) is 5.73 Å². The average Bonchev–Trinajstić information content (AvgIpc) is 2.16. The van der Waals surface area contributed by atoms with Gasteiger partial charge in [-0.1, -0.05) is 64.7 Å². The van der Waals surface area contributed by atoms with Crippen LogP contribution in [0.5, 0.6) is 0 Å². The van der Waals surface area contributed by atoms with E-state index in [2.05, 4.69) is 6.92 Å². The highest BCUT2D eigenvalue weighted by molar-refractivity contribution is 4.48. The van der Waals surface area contributed by atoms with Crippen LogP contribution in [0.25, 0.3) is 0 Å². The molecule has 0 bridgehead atoms. The molecule has 0 saturated carbocycles. The first-order chi connectivity index (χ1) is 6.41. The molecular weight excluding hydrogens is 158 g/mol. The fourth-order valence-corrected chi connectivity index (χ4v) is 1.54. The lowest BCUT2D eigenvalue weighted by Gasteiger charge is -2.00. The fourth-order valence-electron chi connectivity index (χ4n) is 1.54. The van der Waals surface area contributed by atoms with E-state index in [1.165, 1.54) is 51.4 Å². The maximum Gasteiger partial charge on any atom is 0.00997 e. The first-order valence-corrected chi connectivity index (χ1v) is 5.85. The molecule has 0 aromatic heterocycles. The summed E-state index contributed by atoms with van der Waals surface area (Å²) in [6.07, 6.45) is 13.1. The van der Waals surface area contributed by atoms with Gasteiger partial charge in [0.15, 0.2) is 0 Å². The van der Waals surface area contributed by atoms with Crippen LogP contribution in [0.2, 0.25) is 0 Å². The molecule has 0 spiro atoms. The quantitative estimate of drug-likeness (QED) is 0.457. The summed E-state index contributed by atoms with van der Waals surface area (Å²) >= 11 is 0. The fraction of sp³-hybridized carbons (Fsp3) is 0.917. The lowest BCUT2D eigenvalue weighted by molar-refractivity contribution is 0.560. The van der Waals surface area contributed by atoms with Gasteiger partial charge in [0.2, 0.25) is 0 Å². The molecule has 78 valence electrons. The highest BCUT2D eigenvalue weighted by Crippen LogP contribution is 2.09. The zero-order chi connectivity index (χ0) is 9.78. The van der Waals surface area contributed by atoms with E-state index in [0.29, 0.717) is 6.54 Å². The van der Waals surface area contributed by atoms with Crippen LogP contribution >= 0.6 is 0 Å². The summed E-state index contributed by atoms with van der Waals surface area (Å²) in [5, 5.41) is 0. The zero-order valence-electron chi connectivity index (χ0n) is 8.99. The number of hydrogen-bond donors (Lipinski definition) is 0. The third kappa shape index (κ3) is 12.0. The molecule has 13 heavy (non-hydrogen) atoms. The van der Waals surface area contributed by atoms with Gasteiger partial charge in [-0.3, -0.25) is 5.73 Å². The Labute approximate surface area is 84.1 Å². The molecule has 0 aromatic carbocycles. The van der Waals surface area contributed by atoms with Crippen molar-refractivity contribution in [2.75, 3.05) is 6.54 Å². The molecule has 0 unspecified atom stereocenters.